The van der Waals surface area contributed by atoms with E-state index in [0.717, 1.165) is 16.9 Å². The minimum absolute atomic E-state index is 0.141. The van der Waals surface area contributed by atoms with Crippen LogP contribution in [0.15, 0.2) is 61.1 Å². The van der Waals surface area contributed by atoms with Crippen LogP contribution in [-0.4, -0.2) is 4.74 Å². The first-order valence-corrected chi connectivity index (χ1v) is 4.22. The molecule has 76 valence electrons. The predicted molar refractivity (Wildman–Crippen MR) is 51.7 cm³/mol. The topological polar surface area (TPSA) is 65.3 Å². The molecule has 0 atom stereocenters. The number of hydrogen-bond donors (Lipinski definition) is 0. The molecule has 5 nitrogen and oxygen atoms in total. The van der Waals surface area contributed by atoms with Gasteiger partial charge in [0.2, 0.25) is 5.88 Å². The molecule has 0 fully saturated rings. The summed E-state index contributed by atoms with van der Waals surface area (Å²) in [4.78, 5) is 22.2. The normalized spacial score (nSPS) is 9.87. The van der Waals surface area contributed by atoms with E-state index in [9.17, 15) is 9.59 Å². The average Bonchev–Trinajstić information content (AvgIpc) is 2.40. The third-order valence-corrected chi connectivity index (χ3v) is 1.65. The molecule has 0 aromatic heterocycles. The minimum atomic E-state index is -0.635. The van der Waals surface area contributed by atoms with Crippen LogP contribution in [0.5, 0.6) is 0 Å². The van der Waals surface area contributed by atoms with Crippen LogP contribution in [0, 0.1) is 0 Å². The Morgan fingerprint density at radius 1 is 0.933 bits per heavy atom. The highest BCUT2D eigenvalue weighted by Gasteiger charge is 1.97. The van der Waals surface area contributed by atoms with Gasteiger partial charge >= 0.3 is 11.3 Å². The molecule has 0 saturated carbocycles. The Labute approximate surface area is 83.8 Å². The number of rotatable bonds is 0. The fraction of sp³-hybridized carbons (Fsp3) is 0. The zero-order valence-corrected chi connectivity index (χ0v) is 7.62. The van der Waals surface area contributed by atoms with Crippen LogP contribution in [0.3, 0.4) is 0 Å². The Hall–Kier alpha value is -2.30. The van der Waals surface area contributed by atoms with Gasteiger partial charge in [-0.25, -0.2) is 9.59 Å². The van der Waals surface area contributed by atoms with Crippen molar-refractivity contribution >= 4 is 0 Å². The van der Waals surface area contributed by atoms with E-state index in [1.807, 2.05) is 0 Å². The molecule has 5 heteroatoms. The molecule has 0 saturated heterocycles. The van der Waals surface area contributed by atoms with E-state index in [2.05, 4.69) is 0 Å². The first kappa shape index (κ1) is 9.26. The first-order valence-electron chi connectivity index (χ1n) is 4.22. The number of nitrogens with zero attached hydrogens (tertiary/aromatic N) is 1. The van der Waals surface area contributed by atoms with Crippen molar-refractivity contribution in [3.63, 3.8) is 0 Å². The summed E-state index contributed by atoms with van der Waals surface area (Å²) < 4.78 is 10.9. The van der Waals surface area contributed by atoms with E-state index >= 15 is 0 Å². The van der Waals surface area contributed by atoms with Crippen LogP contribution < -0.4 is 11.3 Å². The number of aromatic nitrogens is 1. The van der Waals surface area contributed by atoms with Gasteiger partial charge in [-0.1, -0.05) is 12.1 Å². The third kappa shape index (κ3) is 2.14. The fourth-order valence-corrected chi connectivity index (χ4v) is 1.03. The molecule has 2 rings (SSSR count). The lowest BCUT2D eigenvalue weighted by Crippen LogP contribution is -2.07. The van der Waals surface area contributed by atoms with Crippen LogP contribution in [0.4, 0.5) is 0 Å². The third-order valence-electron chi connectivity index (χ3n) is 1.65. The Balaban J connectivity index is 2.92. The van der Waals surface area contributed by atoms with E-state index < -0.39 is 11.3 Å². The van der Waals surface area contributed by atoms with Crippen molar-refractivity contribution < 1.29 is 8.94 Å². The van der Waals surface area contributed by atoms with E-state index in [4.69, 9.17) is 8.94 Å². The maximum absolute atomic E-state index is 11.1. The van der Waals surface area contributed by atoms with Crippen LogP contribution in [0.25, 0.3) is 5.88 Å². The highest BCUT2D eigenvalue weighted by atomic mass is 16.5. The zero-order chi connectivity index (χ0) is 10.7. The van der Waals surface area contributed by atoms with E-state index in [0.29, 0.717) is 0 Å². The second kappa shape index (κ2) is 3.83. The highest BCUT2D eigenvalue weighted by Crippen LogP contribution is 2.01. The van der Waals surface area contributed by atoms with Crippen molar-refractivity contribution in [1.82, 2.24) is 4.74 Å². The summed E-state index contributed by atoms with van der Waals surface area (Å²) in [5.41, 5.74) is -1.25. The molecule has 0 spiro atoms. The lowest BCUT2D eigenvalue weighted by Gasteiger charge is -1.96. The number of hydrogen-bond acceptors (Lipinski definition) is 4. The molecule has 0 aromatic rings. The van der Waals surface area contributed by atoms with E-state index in [1.165, 1.54) is 12.3 Å². The average molecular weight is 205 g/mol. The van der Waals surface area contributed by atoms with Gasteiger partial charge in [0.05, 0.1) is 0 Å². The van der Waals surface area contributed by atoms with Crippen LogP contribution in [-0.2, 0) is 0 Å². The second-order valence-electron chi connectivity index (χ2n) is 2.72. The Morgan fingerprint density at radius 2 is 1.73 bits per heavy atom. The maximum atomic E-state index is 11.1. The fourth-order valence-electron chi connectivity index (χ4n) is 1.03. The van der Waals surface area contributed by atoms with Crippen molar-refractivity contribution in [3.8, 4) is 5.88 Å². The molecule has 0 aromatic carbocycles. The molecule has 0 bridgehead atoms. The molecule has 0 radical (unpaired) electrons. The summed E-state index contributed by atoms with van der Waals surface area (Å²) in [5.74, 6) is 0.141. The molecule has 2 heterocycles. The van der Waals surface area contributed by atoms with Gasteiger partial charge in [0, 0.05) is 24.4 Å². The molecule has 15 heavy (non-hydrogen) atoms. The second-order valence-corrected chi connectivity index (χ2v) is 2.72. The van der Waals surface area contributed by atoms with E-state index in [-0.39, 0.29) is 5.88 Å². The SMILES string of the molecule is O=c1ccc(=O)on2cccccc-2o1. The quantitative estimate of drug-likeness (QED) is 0.642. The summed E-state index contributed by atoms with van der Waals surface area (Å²) in [6.45, 7) is 0. The summed E-state index contributed by atoms with van der Waals surface area (Å²) in [7, 11) is 0. The van der Waals surface area contributed by atoms with Crippen molar-refractivity contribution in [2.75, 3.05) is 0 Å². The highest BCUT2D eigenvalue weighted by molar-refractivity contribution is 5.14. The Kier molecular flexibility index (Phi) is 2.37. The van der Waals surface area contributed by atoms with Gasteiger partial charge < -0.3 is 8.94 Å². The van der Waals surface area contributed by atoms with Crippen LogP contribution in [0.1, 0.15) is 0 Å². The Morgan fingerprint density at radius 3 is 2.60 bits per heavy atom. The molecule has 0 N–H and O–H groups in total. The van der Waals surface area contributed by atoms with E-state index in [1.54, 1.807) is 18.2 Å². The lowest BCUT2D eigenvalue weighted by atomic mass is 10.5. The van der Waals surface area contributed by atoms with Crippen LogP contribution >= 0.6 is 0 Å². The van der Waals surface area contributed by atoms with Crippen molar-refractivity contribution in [2.24, 2.45) is 0 Å². The summed E-state index contributed by atoms with van der Waals surface area (Å²) in [6.07, 6.45) is 1.47. The summed E-state index contributed by atoms with van der Waals surface area (Å²) >= 11 is 0. The monoisotopic (exact) mass is 205 g/mol. The van der Waals surface area contributed by atoms with Crippen molar-refractivity contribution in [3.05, 3.63) is 63.4 Å². The minimum Gasteiger partial charge on any atom is -0.403 e. The molecule has 2 aliphatic rings. The van der Waals surface area contributed by atoms with Crippen molar-refractivity contribution in [2.45, 2.75) is 0 Å². The van der Waals surface area contributed by atoms with Gasteiger partial charge in [0.1, 0.15) is 0 Å². The van der Waals surface area contributed by atoms with Gasteiger partial charge in [-0.15, -0.1) is 4.74 Å². The number of fused-ring (bicyclic) bond motifs is 1. The van der Waals surface area contributed by atoms with Gasteiger partial charge in [0.15, 0.2) is 0 Å². The van der Waals surface area contributed by atoms with Gasteiger partial charge in [0.25, 0.3) is 0 Å². The lowest BCUT2D eigenvalue weighted by molar-refractivity contribution is 0.267. The van der Waals surface area contributed by atoms with Gasteiger partial charge in [-0.3, -0.25) is 0 Å². The predicted octanol–water partition coefficient (Wildman–Crippen LogP) is 0.946. The van der Waals surface area contributed by atoms with Gasteiger partial charge in [-0.2, -0.15) is 0 Å². The maximum Gasteiger partial charge on any atom is 0.356 e. The first-order chi connectivity index (χ1) is 7.25. The molecule has 2 aliphatic heterocycles. The molecule has 0 aliphatic carbocycles. The zero-order valence-electron chi connectivity index (χ0n) is 7.62. The molecule has 0 unspecified atom stereocenters. The summed E-state index contributed by atoms with van der Waals surface area (Å²) in [5, 5.41) is 0. The van der Waals surface area contributed by atoms with Crippen molar-refractivity contribution in [1.29, 1.82) is 0 Å². The van der Waals surface area contributed by atoms with Gasteiger partial charge in [-0.05, 0) is 6.07 Å². The molecular formula is C10H7NO4. The Bertz CT molecular complexity index is 539. The molecular weight excluding hydrogens is 198 g/mol. The smallest absolute Gasteiger partial charge is 0.356 e. The van der Waals surface area contributed by atoms with Crippen LogP contribution in [0.2, 0.25) is 0 Å². The summed E-state index contributed by atoms with van der Waals surface area (Å²) in [6, 6.07) is 8.57. The standard InChI is InChI=1S/C10H7NO4/c12-9-5-6-10(13)15-11-7-3-1-2-4-8(11)14-9/h1-7H. The largest absolute Gasteiger partial charge is 0.403 e. The molecule has 0 amide bonds.